The van der Waals surface area contributed by atoms with Gasteiger partial charge in [-0.15, -0.1) is 0 Å². The summed E-state index contributed by atoms with van der Waals surface area (Å²) in [6.45, 7) is 0.0246. The summed E-state index contributed by atoms with van der Waals surface area (Å²) in [5.74, 6) is -0.815. The molecule has 0 amide bonds. The highest BCUT2D eigenvalue weighted by Crippen LogP contribution is 2.21. The molecular formula is C13H9ClN2O4. The highest BCUT2D eigenvalue weighted by atomic mass is 35.5. The molecule has 1 aromatic heterocycles. The van der Waals surface area contributed by atoms with Gasteiger partial charge >= 0.3 is 11.7 Å². The third-order valence-electron chi connectivity index (χ3n) is 2.48. The first-order valence-corrected chi connectivity index (χ1v) is 5.96. The van der Waals surface area contributed by atoms with Crippen molar-refractivity contribution in [2.24, 2.45) is 0 Å². The topological polar surface area (TPSA) is 82.3 Å². The van der Waals surface area contributed by atoms with Crippen LogP contribution in [0.1, 0.15) is 15.9 Å². The van der Waals surface area contributed by atoms with Gasteiger partial charge in [-0.2, -0.15) is 0 Å². The summed E-state index contributed by atoms with van der Waals surface area (Å²) >= 11 is 5.64. The fourth-order valence-corrected chi connectivity index (χ4v) is 1.69. The summed E-state index contributed by atoms with van der Waals surface area (Å²) in [5.41, 5.74) is 0.127. The number of halogens is 1. The third kappa shape index (κ3) is 3.30. The van der Waals surface area contributed by atoms with Crippen LogP contribution >= 0.6 is 11.6 Å². The minimum Gasteiger partial charge on any atom is -0.457 e. The largest absolute Gasteiger partial charge is 0.457 e. The van der Waals surface area contributed by atoms with Crippen molar-refractivity contribution in [3.05, 3.63) is 69.0 Å². The summed E-state index contributed by atoms with van der Waals surface area (Å²) < 4.78 is 5.03. The normalized spacial score (nSPS) is 10.1. The number of rotatable bonds is 4. The molecular weight excluding hydrogens is 284 g/mol. The Kier molecular flexibility index (Phi) is 4.27. The van der Waals surface area contributed by atoms with Gasteiger partial charge in [0.25, 0.3) is 0 Å². The predicted octanol–water partition coefficient (Wildman–Crippen LogP) is 3.00. The maximum absolute atomic E-state index is 11.9. The zero-order chi connectivity index (χ0) is 14.5. The van der Waals surface area contributed by atoms with Crippen molar-refractivity contribution in [2.45, 2.75) is 6.61 Å². The van der Waals surface area contributed by atoms with Crippen molar-refractivity contribution >= 4 is 23.3 Å². The molecule has 0 aliphatic heterocycles. The van der Waals surface area contributed by atoms with Gasteiger partial charge in [0.15, 0.2) is 0 Å². The minimum atomic E-state index is -0.815. The zero-order valence-corrected chi connectivity index (χ0v) is 10.9. The number of carbonyl (C=O) groups excluding carboxylic acids is 1. The number of nitrogens with zero attached hydrogens (tertiary/aromatic N) is 2. The van der Waals surface area contributed by atoms with Gasteiger partial charge in [0.1, 0.15) is 23.5 Å². The van der Waals surface area contributed by atoms with Crippen LogP contribution in [0.15, 0.2) is 42.6 Å². The molecule has 20 heavy (non-hydrogen) atoms. The number of esters is 1. The molecule has 0 saturated carbocycles. The number of pyridine rings is 1. The van der Waals surface area contributed by atoms with E-state index in [4.69, 9.17) is 16.3 Å². The van der Waals surface area contributed by atoms with Crippen LogP contribution in [-0.2, 0) is 11.3 Å². The second-order valence-electron chi connectivity index (χ2n) is 3.84. The molecule has 0 N–H and O–H groups in total. The van der Waals surface area contributed by atoms with Crippen molar-refractivity contribution in [3.8, 4) is 0 Å². The maximum atomic E-state index is 11.9. The molecule has 6 nitrogen and oxygen atoms in total. The molecule has 1 aromatic carbocycles. The van der Waals surface area contributed by atoms with Crippen molar-refractivity contribution in [1.29, 1.82) is 0 Å². The molecule has 0 saturated heterocycles. The van der Waals surface area contributed by atoms with Crippen molar-refractivity contribution < 1.29 is 14.5 Å². The van der Waals surface area contributed by atoms with Crippen LogP contribution < -0.4 is 0 Å². The zero-order valence-electron chi connectivity index (χ0n) is 10.2. The number of benzene rings is 1. The summed E-state index contributed by atoms with van der Waals surface area (Å²) in [4.78, 5) is 25.6. The van der Waals surface area contributed by atoms with E-state index in [1.165, 1.54) is 0 Å². The average Bonchev–Trinajstić information content (AvgIpc) is 2.45. The van der Waals surface area contributed by atoms with E-state index in [1.807, 2.05) is 6.07 Å². The van der Waals surface area contributed by atoms with Crippen LogP contribution in [0.2, 0.25) is 5.15 Å². The average molecular weight is 293 g/mol. The SMILES string of the molecule is O=C(OCc1ccccc1)c1cc(Cl)ncc1[N+](=O)[O-]. The number of carbonyl (C=O) groups is 1. The lowest BCUT2D eigenvalue weighted by Gasteiger charge is -2.05. The van der Waals surface area contributed by atoms with Gasteiger partial charge in [0.05, 0.1) is 4.92 Å². The van der Waals surface area contributed by atoms with Gasteiger partial charge in [-0.05, 0) is 11.6 Å². The third-order valence-corrected chi connectivity index (χ3v) is 2.69. The van der Waals surface area contributed by atoms with Crippen LogP contribution in [-0.4, -0.2) is 15.9 Å². The van der Waals surface area contributed by atoms with Gasteiger partial charge in [-0.3, -0.25) is 10.1 Å². The Morgan fingerprint density at radius 2 is 2.05 bits per heavy atom. The Morgan fingerprint density at radius 1 is 1.35 bits per heavy atom. The summed E-state index contributed by atoms with van der Waals surface area (Å²) in [6.07, 6.45) is 0.932. The molecule has 0 spiro atoms. The quantitative estimate of drug-likeness (QED) is 0.374. The van der Waals surface area contributed by atoms with Gasteiger partial charge in [0.2, 0.25) is 0 Å². The van der Waals surface area contributed by atoms with Crippen LogP contribution in [0.3, 0.4) is 0 Å². The monoisotopic (exact) mass is 292 g/mol. The van der Waals surface area contributed by atoms with Crippen molar-refractivity contribution in [1.82, 2.24) is 4.98 Å². The van der Waals surface area contributed by atoms with E-state index in [0.29, 0.717) is 0 Å². The highest BCUT2D eigenvalue weighted by molar-refractivity contribution is 6.29. The first-order chi connectivity index (χ1) is 9.58. The first kappa shape index (κ1) is 14.0. The summed E-state index contributed by atoms with van der Waals surface area (Å²) in [5, 5.41) is 10.8. The highest BCUT2D eigenvalue weighted by Gasteiger charge is 2.22. The Morgan fingerprint density at radius 3 is 2.70 bits per heavy atom. The van der Waals surface area contributed by atoms with Crippen LogP contribution in [0.25, 0.3) is 0 Å². The first-order valence-electron chi connectivity index (χ1n) is 5.59. The fraction of sp³-hybridized carbons (Fsp3) is 0.0769. The van der Waals surface area contributed by atoms with Gasteiger partial charge in [-0.1, -0.05) is 41.9 Å². The molecule has 0 aliphatic rings. The molecule has 2 rings (SSSR count). The lowest BCUT2D eigenvalue weighted by atomic mass is 10.2. The second kappa shape index (κ2) is 6.12. The maximum Gasteiger partial charge on any atom is 0.345 e. The van der Waals surface area contributed by atoms with Gasteiger partial charge < -0.3 is 4.74 Å². The van der Waals surface area contributed by atoms with Gasteiger partial charge in [-0.25, -0.2) is 9.78 Å². The molecule has 0 radical (unpaired) electrons. The summed E-state index contributed by atoms with van der Waals surface area (Å²) in [6, 6.07) is 10.1. The van der Waals surface area contributed by atoms with Crippen LogP contribution in [0.5, 0.6) is 0 Å². The Hall–Kier alpha value is -2.47. The Labute approximate surface area is 119 Å². The van der Waals surface area contributed by atoms with Crippen molar-refractivity contribution in [2.75, 3.05) is 0 Å². The van der Waals surface area contributed by atoms with E-state index in [2.05, 4.69) is 4.98 Å². The lowest BCUT2D eigenvalue weighted by Crippen LogP contribution is -2.09. The molecule has 0 atom stereocenters. The number of aromatic nitrogens is 1. The summed E-state index contributed by atoms with van der Waals surface area (Å²) in [7, 11) is 0. The number of nitro groups is 1. The lowest BCUT2D eigenvalue weighted by molar-refractivity contribution is -0.385. The molecule has 0 bridgehead atoms. The standard InChI is InChI=1S/C13H9ClN2O4/c14-12-6-10(11(7-15-12)16(18)19)13(17)20-8-9-4-2-1-3-5-9/h1-7H,8H2. The fourth-order valence-electron chi connectivity index (χ4n) is 1.53. The van der Waals surface area contributed by atoms with E-state index < -0.39 is 16.6 Å². The predicted molar refractivity (Wildman–Crippen MR) is 71.5 cm³/mol. The van der Waals surface area contributed by atoms with E-state index in [9.17, 15) is 14.9 Å². The van der Waals surface area contributed by atoms with Gasteiger partial charge in [0, 0.05) is 0 Å². The smallest absolute Gasteiger partial charge is 0.345 e. The number of hydrogen-bond donors (Lipinski definition) is 0. The molecule has 2 aromatic rings. The van der Waals surface area contributed by atoms with Crippen molar-refractivity contribution in [3.63, 3.8) is 0 Å². The van der Waals surface area contributed by atoms with E-state index in [0.717, 1.165) is 17.8 Å². The number of hydrogen-bond acceptors (Lipinski definition) is 5. The Balaban J connectivity index is 2.17. The second-order valence-corrected chi connectivity index (χ2v) is 4.23. The number of ether oxygens (including phenoxy) is 1. The van der Waals surface area contributed by atoms with E-state index >= 15 is 0 Å². The van der Waals surface area contributed by atoms with E-state index in [-0.39, 0.29) is 17.3 Å². The molecule has 1 heterocycles. The van der Waals surface area contributed by atoms with E-state index in [1.54, 1.807) is 24.3 Å². The molecule has 102 valence electrons. The molecule has 7 heteroatoms. The minimum absolute atomic E-state index is 0.0118. The molecule has 0 fully saturated rings. The molecule has 0 unspecified atom stereocenters. The molecule has 0 aliphatic carbocycles. The Bertz CT molecular complexity index is 646. The van der Waals surface area contributed by atoms with Crippen LogP contribution in [0, 0.1) is 10.1 Å². The van der Waals surface area contributed by atoms with Crippen LogP contribution in [0.4, 0.5) is 5.69 Å².